The molecule has 2 N–H and O–H groups in total. The Morgan fingerprint density at radius 3 is 2.53 bits per heavy atom. The van der Waals surface area contributed by atoms with Crippen molar-refractivity contribution < 1.29 is 0 Å². The molecule has 0 spiro atoms. The van der Waals surface area contributed by atoms with Crippen LogP contribution >= 0.6 is 0 Å². The molecule has 1 saturated heterocycles. The Morgan fingerprint density at radius 1 is 1.29 bits per heavy atom. The van der Waals surface area contributed by atoms with Crippen molar-refractivity contribution in [2.45, 2.75) is 32.2 Å². The number of aromatic nitrogens is 1. The molecule has 92 valence electrons. The molecule has 1 aliphatic carbocycles. The number of anilines is 1. The predicted octanol–water partition coefficient (Wildman–Crippen LogP) is 2.34. The van der Waals surface area contributed by atoms with Crippen LogP contribution in [0.3, 0.4) is 0 Å². The molecule has 0 radical (unpaired) electrons. The number of rotatable bonds is 2. The van der Waals surface area contributed by atoms with Crippen LogP contribution in [0.4, 0.5) is 5.82 Å². The number of hydrogen-bond acceptors (Lipinski definition) is 3. The molecule has 1 aromatic rings. The summed E-state index contributed by atoms with van der Waals surface area (Å²) in [7, 11) is 0. The number of nitrogens with zero attached hydrogens (tertiary/aromatic N) is 2. The van der Waals surface area contributed by atoms with Gasteiger partial charge in [-0.05, 0) is 43.2 Å². The maximum absolute atomic E-state index is 5.84. The summed E-state index contributed by atoms with van der Waals surface area (Å²) in [6, 6.07) is 4.32. The second-order valence-corrected chi connectivity index (χ2v) is 5.59. The highest BCUT2D eigenvalue weighted by Gasteiger charge is 2.36. The lowest BCUT2D eigenvalue weighted by atomic mass is 10.0. The third-order valence-corrected chi connectivity index (χ3v) is 4.35. The van der Waals surface area contributed by atoms with Gasteiger partial charge in [-0.1, -0.05) is 12.5 Å². The van der Waals surface area contributed by atoms with Crippen LogP contribution < -0.4 is 10.6 Å². The second-order valence-electron chi connectivity index (χ2n) is 5.59. The van der Waals surface area contributed by atoms with Crippen molar-refractivity contribution in [2.75, 3.05) is 18.0 Å². The van der Waals surface area contributed by atoms with Crippen LogP contribution in [0.25, 0.3) is 0 Å². The molecule has 0 amide bonds. The van der Waals surface area contributed by atoms with Gasteiger partial charge in [-0.3, -0.25) is 0 Å². The average molecular weight is 231 g/mol. The minimum Gasteiger partial charge on any atom is -0.356 e. The molecule has 17 heavy (non-hydrogen) atoms. The Balaban J connectivity index is 1.73. The minimum absolute atomic E-state index is 0.0782. The van der Waals surface area contributed by atoms with Crippen molar-refractivity contribution >= 4 is 5.82 Å². The molecule has 2 heterocycles. The summed E-state index contributed by atoms with van der Waals surface area (Å²) in [6.45, 7) is 4.40. The van der Waals surface area contributed by atoms with Crippen LogP contribution in [-0.2, 0) is 0 Å². The highest BCUT2D eigenvalue weighted by atomic mass is 15.2. The zero-order valence-corrected chi connectivity index (χ0v) is 10.5. The van der Waals surface area contributed by atoms with Crippen LogP contribution in [0.1, 0.15) is 37.8 Å². The summed E-state index contributed by atoms with van der Waals surface area (Å²) in [4.78, 5) is 7.00. The molecule has 0 aromatic carbocycles. The van der Waals surface area contributed by atoms with E-state index in [0.29, 0.717) is 0 Å². The van der Waals surface area contributed by atoms with Crippen LogP contribution in [0.5, 0.6) is 0 Å². The number of hydrogen-bond donors (Lipinski definition) is 1. The Hall–Kier alpha value is -1.09. The van der Waals surface area contributed by atoms with E-state index in [1.54, 1.807) is 0 Å². The Labute approximate surface area is 103 Å². The van der Waals surface area contributed by atoms with E-state index in [0.717, 1.165) is 23.2 Å². The van der Waals surface area contributed by atoms with Gasteiger partial charge in [-0.15, -0.1) is 0 Å². The number of nitrogens with two attached hydrogens (primary N) is 1. The monoisotopic (exact) mass is 231 g/mol. The molecular weight excluding hydrogens is 210 g/mol. The molecule has 0 bridgehead atoms. The van der Waals surface area contributed by atoms with Gasteiger partial charge in [0, 0.05) is 25.3 Å². The maximum Gasteiger partial charge on any atom is 0.128 e. The minimum atomic E-state index is 0.0782. The van der Waals surface area contributed by atoms with E-state index in [2.05, 4.69) is 22.0 Å². The zero-order valence-electron chi connectivity index (χ0n) is 10.5. The SMILES string of the molecule is CC(N)c1ccc(N2CC3CCCC3C2)nc1. The van der Waals surface area contributed by atoms with Gasteiger partial charge in [0.05, 0.1) is 0 Å². The van der Waals surface area contributed by atoms with Crippen molar-refractivity contribution in [3.05, 3.63) is 23.9 Å². The number of fused-ring (bicyclic) bond motifs is 1. The highest BCUT2D eigenvalue weighted by molar-refractivity contribution is 5.41. The standard InChI is InChI=1S/C14H21N3/c1-10(15)11-5-6-14(16-7-11)17-8-12-3-2-4-13(12)9-17/h5-7,10,12-13H,2-4,8-9,15H2,1H3. The van der Waals surface area contributed by atoms with Gasteiger partial charge >= 0.3 is 0 Å². The van der Waals surface area contributed by atoms with E-state index in [4.69, 9.17) is 5.73 Å². The van der Waals surface area contributed by atoms with Gasteiger partial charge in [-0.2, -0.15) is 0 Å². The highest BCUT2D eigenvalue weighted by Crippen LogP contribution is 2.39. The third kappa shape index (κ3) is 2.04. The van der Waals surface area contributed by atoms with Crippen LogP contribution in [0, 0.1) is 11.8 Å². The van der Waals surface area contributed by atoms with E-state index >= 15 is 0 Å². The Bertz CT molecular complexity index is 373. The summed E-state index contributed by atoms with van der Waals surface area (Å²) in [6.07, 6.45) is 6.19. The summed E-state index contributed by atoms with van der Waals surface area (Å²) in [5.74, 6) is 2.97. The van der Waals surface area contributed by atoms with E-state index in [1.165, 1.54) is 32.4 Å². The van der Waals surface area contributed by atoms with Gasteiger partial charge in [0.25, 0.3) is 0 Å². The second kappa shape index (κ2) is 4.30. The van der Waals surface area contributed by atoms with Crippen molar-refractivity contribution in [2.24, 2.45) is 17.6 Å². The molecular formula is C14H21N3. The molecule has 1 aromatic heterocycles. The first-order chi connectivity index (χ1) is 8.24. The molecule has 1 aliphatic heterocycles. The van der Waals surface area contributed by atoms with E-state index in [9.17, 15) is 0 Å². The smallest absolute Gasteiger partial charge is 0.128 e. The van der Waals surface area contributed by atoms with Gasteiger partial charge in [0.2, 0.25) is 0 Å². The molecule has 3 heteroatoms. The Morgan fingerprint density at radius 2 is 2.00 bits per heavy atom. The van der Waals surface area contributed by atoms with Crippen LogP contribution in [0.15, 0.2) is 18.3 Å². The molecule has 3 atom stereocenters. The topological polar surface area (TPSA) is 42.1 Å². The van der Waals surface area contributed by atoms with Crippen molar-refractivity contribution in [1.82, 2.24) is 4.98 Å². The summed E-state index contributed by atoms with van der Waals surface area (Å²) < 4.78 is 0. The quantitative estimate of drug-likeness (QED) is 0.849. The fourth-order valence-electron chi connectivity index (χ4n) is 3.28. The molecule has 3 nitrogen and oxygen atoms in total. The summed E-state index contributed by atoms with van der Waals surface area (Å²) in [5, 5.41) is 0. The lowest BCUT2D eigenvalue weighted by molar-refractivity contribution is 0.494. The molecule has 3 unspecified atom stereocenters. The lowest BCUT2D eigenvalue weighted by Gasteiger charge is -2.18. The average Bonchev–Trinajstić information content (AvgIpc) is 2.89. The summed E-state index contributed by atoms with van der Waals surface area (Å²) in [5.41, 5.74) is 6.96. The fraction of sp³-hybridized carbons (Fsp3) is 0.643. The first-order valence-corrected chi connectivity index (χ1v) is 6.70. The van der Waals surface area contributed by atoms with Gasteiger partial charge in [0.1, 0.15) is 5.82 Å². The van der Waals surface area contributed by atoms with E-state index in [1.807, 2.05) is 13.1 Å². The van der Waals surface area contributed by atoms with E-state index in [-0.39, 0.29) is 6.04 Å². The Kier molecular flexibility index (Phi) is 2.79. The van der Waals surface area contributed by atoms with Crippen LogP contribution in [-0.4, -0.2) is 18.1 Å². The third-order valence-electron chi connectivity index (χ3n) is 4.35. The number of pyridine rings is 1. The maximum atomic E-state index is 5.84. The van der Waals surface area contributed by atoms with Gasteiger partial charge in [0.15, 0.2) is 0 Å². The van der Waals surface area contributed by atoms with Crippen LogP contribution in [0.2, 0.25) is 0 Å². The van der Waals surface area contributed by atoms with Gasteiger partial charge < -0.3 is 10.6 Å². The molecule has 1 saturated carbocycles. The largest absolute Gasteiger partial charge is 0.356 e. The first-order valence-electron chi connectivity index (χ1n) is 6.70. The zero-order chi connectivity index (χ0) is 11.8. The summed E-state index contributed by atoms with van der Waals surface area (Å²) >= 11 is 0. The molecule has 2 fully saturated rings. The van der Waals surface area contributed by atoms with E-state index < -0.39 is 0 Å². The van der Waals surface area contributed by atoms with Gasteiger partial charge in [-0.25, -0.2) is 4.98 Å². The molecule has 2 aliphatic rings. The normalized spacial score (nSPS) is 29.4. The van der Waals surface area contributed by atoms with Crippen molar-refractivity contribution in [3.8, 4) is 0 Å². The first kappa shape index (κ1) is 11.0. The van der Waals surface area contributed by atoms with Crippen molar-refractivity contribution in [3.63, 3.8) is 0 Å². The molecule has 3 rings (SSSR count). The predicted molar refractivity (Wildman–Crippen MR) is 69.9 cm³/mol. The lowest BCUT2D eigenvalue weighted by Crippen LogP contribution is -2.21. The fourth-order valence-corrected chi connectivity index (χ4v) is 3.28. The van der Waals surface area contributed by atoms with Crippen molar-refractivity contribution in [1.29, 1.82) is 0 Å².